The van der Waals surface area contributed by atoms with Gasteiger partial charge in [-0.05, 0) is 62.3 Å². The third-order valence-electron chi connectivity index (χ3n) is 6.49. The minimum atomic E-state index is -0.424. The average molecular weight is 314 g/mol. The lowest BCUT2D eigenvalue weighted by atomic mass is 9.79. The van der Waals surface area contributed by atoms with Crippen LogP contribution in [-0.2, 0) is 0 Å². The van der Waals surface area contributed by atoms with Gasteiger partial charge in [0.25, 0.3) is 11.6 Å². The van der Waals surface area contributed by atoms with Gasteiger partial charge in [0.2, 0.25) is 0 Å². The molecule has 5 atom stereocenters. The smallest absolute Gasteiger partial charge is 0.273 e. The monoisotopic (exact) mass is 314 g/mol. The molecule has 122 valence electrons. The summed E-state index contributed by atoms with van der Waals surface area (Å²) in [7, 11) is 0. The Hall–Kier alpha value is -1.91. The highest BCUT2D eigenvalue weighted by molar-refractivity contribution is 5.96. The summed E-state index contributed by atoms with van der Waals surface area (Å²) in [6.07, 6.45) is 6.37. The molecule has 1 aromatic rings. The third-order valence-corrected chi connectivity index (χ3v) is 6.49. The Kier molecular flexibility index (Phi) is 3.39. The van der Waals surface area contributed by atoms with Crippen molar-refractivity contribution in [1.29, 1.82) is 0 Å². The minimum absolute atomic E-state index is 0.0152. The second kappa shape index (κ2) is 5.32. The maximum atomic E-state index is 12.6. The molecular formula is C18H22N2O3. The molecule has 1 aromatic carbocycles. The van der Waals surface area contributed by atoms with Crippen LogP contribution in [0.1, 0.15) is 48.0 Å². The van der Waals surface area contributed by atoms with Crippen LogP contribution in [0.4, 0.5) is 5.69 Å². The van der Waals surface area contributed by atoms with Gasteiger partial charge in [0.1, 0.15) is 0 Å². The summed E-state index contributed by atoms with van der Waals surface area (Å²) in [5, 5.41) is 14.2. The number of benzene rings is 1. The number of nitrogens with zero attached hydrogens (tertiary/aromatic N) is 1. The Morgan fingerprint density at radius 3 is 2.78 bits per heavy atom. The SMILES string of the molecule is Cc1c(C(=O)NC2CC3CC2C2CCCC32)cccc1[N+](=O)[O-]. The third kappa shape index (κ3) is 2.25. The summed E-state index contributed by atoms with van der Waals surface area (Å²) in [5.41, 5.74) is 0.906. The second-order valence-corrected chi connectivity index (χ2v) is 7.44. The van der Waals surface area contributed by atoms with Crippen LogP contribution in [0.5, 0.6) is 0 Å². The molecule has 4 rings (SSSR count). The number of amides is 1. The van der Waals surface area contributed by atoms with Crippen LogP contribution in [0.15, 0.2) is 18.2 Å². The van der Waals surface area contributed by atoms with Gasteiger partial charge in [-0.3, -0.25) is 14.9 Å². The first-order valence-electron chi connectivity index (χ1n) is 8.61. The number of hydrogen-bond acceptors (Lipinski definition) is 3. The molecule has 0 radical (unpaired) electrons. The number of hydrogen-bond donors (Lipinski definition) is 1. The van der Waals surface area contributed by atoms with Gasteiger partial charge in [0.15, 0.2) is 0 Å². The molecule has 0 saturated heterocycles. The average Bonchev–Trinajstić information content (AvgIpc) is 3.19. The van der Waals surface area contributed by atoms with Crippen LogP contribution in [0.2, 0.25) is 0 Å². The van der Waals surface area contributed by atoms with E-state index in [-0.39, 0.29) is 17.6 Å². The highest BCUT2D eigenvalue weighted by Gasteiger charge is 2.54. The molecule has 3 aliphatic rings. The molecule has 0 heterocycles. The number of rotatable bonds is 3. The Morgan fingerprint density at radius 2 is 2.00 bits per heavy atom. The van der Waals surface area contributed by atoms with Crippen molar-refractivity contribution in [2.24, 2.45) is 23.7 Å². The maximum Gasteiger partial charge on any atom is 0.273 e. The number of carbonyl (C=O) groups is 1. The highest BCUT2D eigenvalue weighted by Crippen LogP contribution is 2.58. The van der Waals surface area contributed by atoms with Crippen molar-refractivity contribution in [3.05, 3.63) is 39.4 Å². The second-order valence-electron chi connectivity index (χ2n) is 7.44. The Bertz CT molecular complexity index is 672. The molecular weight excluding hydrogens is 292 g/mol. The summed E-state index contributed by atoms with van der Waals surface area (Å²) in [4.78, 5) is 23.3. The van der Waals surface area contributed by atoms with Crippen LogP contribution in [0, 0.1) is 40.7 Å². The van der Waals surface area contributed by atoms with Crippen molar-refractivity contribution in [3.63, 3.8) is 0 Å². The van der Waals surface area contributed by atoms with Gasteiger partial charge in [-0.15, -0.1) is 0 Å². The topological polar surface area (TPSA) is 72.2 Å². The number of nitro groups is 1. The standard InChI is InChI=1S/C18H22N2O3/c1-10-12(4-3-7-17(10)20(22)23)18(21)19-16-9-11-8-15(16)14-6-2-5-13(11)14/h3-4,7,11,13-16H,2,5-6,8-9H2,1H3,(H,19,21). The zero-order chi connectivity index (χ0) is 16.1. The predicted octanol–water partition coefficient (Wildman–Crippen LogP) is 3.46. The van der Waals surface area contributed by atoms with Crippen LogP contribution in [0.25, 0.3) is 0 Å². The number of carbonyl (C=O) groups excluding carboxylic acids is 1. The van der Waals surface area contributed by atoms with Crippen LogP contribution < -0.4 is 5.32 Å². The van der Waals surface area contributed by atoms with Crippen molar-refractivity contribution < 1.29 is 9.72 Å². The summed E-state index contributed by atoms with van der Waals surface area (Å²) in [6, 6.07) is 4.98. The van der Waals surface area contributed by atoms with E-state index in [1.165, 1.54) is 31.7 Å². The predicted molar refractivity (Wildman–Crippen MR) is 86.1 cm³/mol. The van der Waals surface area contributed by atoms with Crippen LogP contribution in [0.3, 0.4) is 0 Å². The largest absolute Gasteiger partial charge is 0.349 e. The van der Waals surface area contributed by atoms with E-state index in [4.69, 9.17) is 0 Å². The first-order chi connectivity index (χ1) is 11.1. The lowest BCUT2D eigenvalue weighted by Crippen LogP contribution is -2.42. The first kappa shape index (κ1) is 14.7. The van der Waals surface area contributed by atoms with Crippen molar-refractivity contribution in [2.45, 2.75) is 45.1 Å². The Morgan fingerprint density at radius 1 is 1.22 bits per heavy atom. The molecule has 3 saturated carbocycles. The van der Waals surface area contributed by atoms with Crippen LogP contribution in [-0.4, -0.2) is 16.9 Å². The van der Waals surface area contributed by atoms with E-state index < -0.39 is 4.92 Å². The molecule has 0 spiro atoms. The molecule has 1 N–H and O–H groups in total. The van der Waals surface area contributed by atoms with E-state index in [9.17, 15) is 14.9 Å². The highest BCUT2D eigenvalue weighted by atomic mass is 16.6. The molecule has 0 aliphatic heterocycles. The maximum absolute atomic E-state index is 12.6. The fraction of sp³-hybridized carbons (Fsp3) is 0.611. The van der Waals surface area contributed by atoms with Crippen LogP contribution >= 0.6 is 0 Å². The lowest BCUT2D eigenvalue weighted by Gasteiger charge is -2.32. The number of nitrogens with one attached hydrogen (secondary N) is 1. The first-order valence-corrected chi connectivity index (χ1v) is 8.61. The van der Waals surface area contributed by atoms with E-state index in [2.05, 4.69) is 5.32 Å². The van der Waals surface area contributed by atoms with Gasteiger partial charge in [-0.1, -0.05) is 12.5 Å². The summed E-state index contributed by atoms with van der Waals surface area (Å²) in [5.74, 6) is 2.94. The van der Waals surface area contributed by atoms with Gasteiger partial charge in [-0.2, -0.15) is 0 Å². The van der Waals surface area contributed by atoms with E-state index in [0.717, 1.165) is 24.2 Å². The van der Waals surface area contributed by atoms with E-state index in [1.807, 2.05) is 0 Å². The lowest BCUT2D eigenvalue weighted by molar-refractivity contribution is -0.385. The van der Waals surface area contributed by atoms with Gasteiger partial charge < -0.3 is 5.32 Å². The molecule has 3 fully saturated rings. The molecule has 2 bridgehead atoms. The van der Waals surface area contributed by atoms with E-state index in [0.29, 0.717) is 17.0 Å². The van der Waals surface area contributed by atoms with Gasteiger partial charge in [0, 0.05) is 23.2 Å². The Balaban J connectivity index is 1.51. The summed E-state index contributed by atoms with van der Waals surface area (Å²) < 4.78 is 0. The summed E-state index contributed by atoms with van der Waals surface area (Å²) >= 11 is 0. The van der Waals surface area contributed by atoms with E-state index in [1.54, 1.807) is 19.1 Å². The molecule has 3 aliphatic carbocycles. The number of nitro benzene ring substituents is 1. The van der Waals surface area contributed by atoms with Crippen molar-refractivity contribution in [1.82, 2.24) is 5.32 Å². The fourth-order valence-corrected chi connectivity index (χ4v) is 5.55. The molecule has 23 heavy (non-hydrogen) atoms. The Labute approximate surface area is 135 Å². The van der Waals surface area contributed by atoms with Crippen molar-refractivity contribution >= 4 is 11.6 Å². The quantitative estimate of drug-likeness (QED) is 0.686. The zero-order valence-corrected chi connectivity index (χ0v) is 13.3. The zero-order valence-electron chi connectivity index (χ0n) is 13.3. The molecule has 1 amide bonds. The van der Waals surface area contributed by atoms with Gasteiger partial charge in [0.05, 0.1) is 4.92 Å². The molecule has 5 unspecified atom stereocenters. The van der Waals surface area contributed by atoms with Gasteiger partial charge in [-0.25, -0.2) is 0 Å². The normalized spacial score (nSPS) is 34.4. The fourth-order valence-electron chi connectivity index (χ4n) is 5.55. The van der Waals surface area contributed by atoms with E-state index >= 15 is 0 Å². The van der Waals surface area contributed by atoms with Crippen molar-refractivity contribution in [2.75, 3.05) is 0 Å². The number of fused-ring (bicyclic) bond motifs is 5. The summed E-state index contributed by atoms with van der Waals surface area (Å²) in [6.45, 7) is 1.65. The van der Waals surface area contributed by atoms with Crippen molar-refractivity contribution in [3.8, 4) is 0 Å². The molecule has 5 nitrogen and oxygen atoms in total. The van der Waals surface area contributed by atoms with Gasteiger partial charge >= 0.3 is 0 Å². The minimum Gasteiger partial charge on any atom is -0.349 e. The molecule has 0 aromatic heterocycles. The molecule has 5 heteroatoms.